The van der Waals surface area contributed by atoms with E-state index in [4.69, 9.17) is 4.74 Å². The molecule has 2 aliphatic heterocycles. The fourth-order valence-electron chi connectivity index (χ4n) is 2.71. The van der Waals surface area contributed by atoms with Crippen molar-refractivity contribution in [1.82, 2.24) is 4.90 Å². The summed E-state index contributed by atoms with van der Waals surface area (Å²) >= 11 is 1.89. The second kappa shape index (κ2) is 3.58. The summed E-state index contributed by atoms with van der Waals surface area (Å²) in [6.45, 7) is 3.24. The van der Waals surface area contributed by atoms with E-state index in [1.165, 1.54) is 10.4 Å². The van der Waals surface area contributed by atoms with Crippen molar-refractivity contribution in [2.24, 2.45) is 0 Å². The Morgan fingerprint density at radius 1 is 1.40 bits per heavy atom. The summed E-state index contributed by atoms with van der Waals surface area (Å²) in [6.07, 6.45) is 3.43. The molecule has 0 N–H and O–H groups in total. The van der Waals surface area contributed by atoms with Crippen molar-refractivity contribution in [3.8, 4) is 0 Å². The number of ether oxygens (including phenoxy) is 1. The van der Waals surface area contributed by atoms with E-state index in [1.54, 1.807) is 0 Å². The van der Waals surface area contributed by atoms with Crippen LogP contribution in [0, 0.1) is 0 Å². The zero-order valence-corrected chi connectivity index (χ0v) is 9.98. The molecule has 0 aliphatic carbocycles. The Bertz CT molecular complexity index is 352. The van der Waals surface area contributed by atoms with Gasteiger partial charge in [0.15, 0.2) is 0 Å². The first-order valence-electron chi connectivity index (χ1n) is 5.69. The first-order valence-corrected chi connectivity index (χ1v) is 6.57. The van der Waals surface area contributed by atoms with E-state index in [1.807, 2.05) is 11.3 Å². The van der Waals surface area contributed by atoms with Gasteiger partial charge in [-0.15, -0.1) is 11.3 Å². The molecule has 3 rings (SSSR count). The largest absolute Gasteiger partial charge is 0.369 e. The topological polar surface area (TPSA) is 12.5 Å². The van der Waals surface area contributed by atoms with Gasteiger partial charge in [0.2, 0.25) is 0 Å². The highest BCUT2D eigenvalue weighted by Gasteiger charge is 2.40. The maximum absolute atomic E-state index is 6.12. The molecule has 0 atom stereocenters. The van der Waals surface area contributed by atoms with Gasteiger partial charge in [-0.25, -0.2) is 0 Å². The zero-order valence-electron chi connectivity index (χ0n) is 9.16. The van der Waals surface area contributed by atoms with E-state index < -0.39 is 0 Å². The van der Waals surface area contributed by atoms with E-state index >= 15 is 0 Å². The third-order valence-electron chi connectivity index (χ3n) is 3.71. The van der Waals surface area contributed by atoms with Gasteiger partial charge in [0.1, 0.15) is 5.60 Å². The van der Waals surface area contributed by atoms with Crippen LogP contribution in [-0.2, 0) is 16.8 Å². The van der Waals surface area contributed by atoms with Crippen LogP contribution in [-0.4, -0.2) is 31.6 Å². The summed E-state index contributed by atoms with van der Waals surface area (Å²) in [5.74, 6) is 0. The van der Waals surface area contributed by atoms with Crippen LogP contribution in [0.1, 0.15) is 23.3 Å². The Morgan fingerprint density at radius 3 is 3.00 bits per heavy atom. The molecule has 0 radical (unpaired) electrons. The smallest absolute Gasteiger partial charge is 0.105 e. The van der Waals surface area contributed by atoms with Gasteiger partial charge in [-0.2, -0.15) is 0 Å². The van der Waals surface area contributed by atoms with Gasteiger partial charge < -0.3 is 9.64 Å². The molecular formula is C12H17NOS. The molecule has 15 heavy (non-hydrogen) atoms. The van der Waals surface area contributed by atoms with Crippen LogP contribution >= 0.6 is 11.3 Å². The number of hydrogen-bond acceptors (Lipinski definition) is 3. The minimum atomic E-state index is 0.0776. The number of thiophene rings is 1. The quantitative estimate of drug-likeness (QED) is 0.669. The molecular weight excluding hydrogens is 206 g/mol. The van der Waals surface area contributed by atoms with Crippen molar-refractivity contribution < 1.29 is 4.74 Å². The molecule has 3 heterocycles. The second-order valence-electron chi connectivity index (χ2n) is 4.67. The number of rotatable bonds is 0. The van der Waals surface area contributed by atoms with Crippen LogP contribution in [0.4, 0.5) is 0 Å². The number of likely N-dealkylation sites (tertiary alicyclic amines) is 1. The van der Waals surface area contributed by atoms with Gasteiger partial charge in [0, 0.05) is 18.0 Å². The van der Waals surface area contributed by atoms with Crippen LogP contribution < -0.4 is 0 Å². The van der Waals surface area contributed by atoms with Gasteiger partial charge in [0.25, 0.3) is 0 Å². The lowest BCUT2D eigenvalue weighted by Gasteiger charge is -2.42. The van der Waals surface area contributed by atoms with E-state index in [9.17, 15) is 0 Å². The van der Waals surface area contributed by atoms with Crippen molar-refractivity contribution in [3.05, 3.63) is 21.9 Å². The molecule has 1 spiro atoms. The summed E-state index contributed by atoms with van der Waals surface area (Å²) < 4.78 is 6.12. The van der Waals surface area contributed by atoms with E-state index in [0.717, 1.165) is 39.0 Å². The SMILES string of the molecule is CN1CCC2(CC1)OCCc1ccsc12. The first-order chi connectivity index (χ1) is 7.30. The number of fused-ring (bicyclic) bond motifs is 2. The van der Waals surface area contributed by atoms with Gasteiger partial charge in [-0.3, -0.25) is 0 Å². The average molecular weight is 223 g/mol. The normalized spacial score (nSPS) is 25.4. The fourth-order valence-corrected chi connectivity index (χ4v) is 3.87. The molecule has 0 amide bonds. The highest BCUT2D eigenvalue weighted by Crippen LogP contribution is 2.43. The molecule has 3 heteroatoms. The van der Waals surface area contributed by atoms with Gasteiger partial charge in [-0.1, -0.05) is 0 Å². The lowest BCUT2D eigenvalue weighted by molar-refractivity contribution is -0.0921. The Balaban J connectivity index is 1.94. The molecule has 1 saturated heterocycles. The van der Waals surface area contributed by atoms with Crippen LogP contribution in [0.25, 0.3) is 0 Å². The lowest BCUT2D eigenvalue weighted by atomic mass is 9.85. The standard InChI is InChI=1S/C12H17NOS/c1-13-6-4-12(5-7-13)11-10(2-8-14-12)3-9-15-11/h3,9H,2,4-8H2,1H3. The Hall–Kier alpha value is -0.380. The molecule has 1 aromatic heterocycles. The monoisotopic (exact) mass is 223 g/mol. The molecule has 0 saturated carbocycles. The molecule has 0 aromatic carbocycles. The molecule has 1 fully saturated rings. The van der Waals surface area contributed by atoms with Crippen molar-refractivity contribution in [3.63, 3.8) is 0 Å². The average Bonchev–Trinajstić information content (AvgIpc) is 2.72. The fraction of sp³-hybridized carbons (Fsp3) is 0.667. The minimum absolute atomic E-state index is 0.0776. The predicted octanol–water partition coefficient (Wildman–Crippen LogP) is 2.24. The zero-order chi connectivity index (χ0) is 10.3. The third kappa shape index (κ3) is 1.53. The van der Waals surface area contributed by atoms with E-state index in [-0.39, 0.29) is 5.60 Å². The second-order valence-corrected chi connectivity index (χ2v) is 5.59. The molecule has 0 unspecified atom stereocenters. The van der Waals surface area contributed by atoms with Crippen LogP contribution in [0.5, 0.6) is 0 Å². The maximum atomic E-state index is 6.12. The highest BCUT2D eigenvalue weighted by molar-refractivity contribution is 7.10. The van der Waals surface area contributed by atoms with Crippen LogP contribution in [0.15, 0.2) is 11.4 Å². The minimum Gasteiger partial charge on any atom is -0.369 e. The number of nitrogens with zero attached hydrogens (tertiary/aromatic N) is 1. The van der Waals surface area contributed by atoms with Crippen molar-refractivity contribution in [2.75, 3.05) is 26.7 Å². The number of piperidine rings is 1. The first kappa shape index (κ1) is 9.82. The molecule has 0 bridgehead atoms. The Morgan fingerprint density at radius 2 is 2.20 bits per heavy atom. The van der Waals surface area contributed by atoms with Gasteiger partial charge in [-0.05, 0) is 43.3 Å². The third-order valence-corrected chi connectivity index (χ3v) is 4.85. The summed E-state index contributed by atoms with van der Waals surface area (Å²) in [5, 5.41) is 2.22. The predicted molar refractivity (Wildman–Crippen MR) is 62.4 cm³/mol. The van der Waals surface area contributed by atoms with Crippen molar-refractivity contribution in [1.29, 1.82) is 0 Å². The van der Waals surface area contributed by atoms with Gasteiger partial charge in [0.05, 0.1) is 6.61 Å². The van der Waals surface area contributed by atoms with E-state index in [2.05, 4.69) is 23.4 Å². The number of hydrogen-bond donors (Lipinski definition) is 0. The summed E-state index contributed by atoms with van der Waals surface area (Å²) in [5.41, 5.74) is 1.62. The van der Waals surface area contributed by atoms with Gasteiger partial charge >= 0.3 is 0 Å². The van der Waals surface area contributed by atoms with Crippen LogP contribution in [0.2, 0.25) is 0 Å². The molecule has 2 aliphatic rings. The lowest BCUT2D eigenvalue weighted by Crippen LogP contribution is -2.44. The Labute approximate surface area is 94.9 Å². The highest BCUT2D eigenvalue weighted by atomic mass is 32.1. The van der Waals surface area contributed by atoms with Crippen molar-refractivity contribution >= 4 is 11.3 Å². The van der Waals surface area contributed by atoms with Crippen LogP contribution in [0.3, 0.4) is 0 Å². The molecule has 1 aromatic rings. The Kier molecular flexibility index (Phi) is 2.34. The molecule has 82 valence electrons. The van der Waals surface area contributed by atoms with Crippen molar-refractivity contribution in [2.45, 2.75) is 24.9 Å². The summed E-state index contributed by atoms with van der Waals surface area (Å²) in [7, 11) is 2.20. The maximum Gasteiger partial charge on any atom is 0.105 e. The summed E-state index contributed by atoms with van der Waals surface area (Å²) in [4.78, 5) is 3.91. The summed E-state index contributed by atoms with van der Waals surface area (Å²) in [6, 6.07) is 2.28. The molecule has 2 nitrogen and oxygen atoms in total. The van der Waals surface area contributed by atoms with E-state index in [0.29, 0.717) is 0 Å².